The van der Waals surface area contributed by atoms with Crippen molar-refractivity contribution in [1.82, 2.24) is 5.32 Å². The van der Waals surface area contributed by atoms with Crippen molar-refractivity contribution in [2.45, 2.75) is 57.8 Å². The van der Waals surface area contributed by atoms with Crippen molar-refractivity contribution in [3.8, 4) is 0 Å². The van der Waals surface area contributed by atoms with E-state index in [4.69, 9.17) is 4.74 Å². The summed E-state index contributed by atoms with van der Waals surface area (Å²) in [5, 5.41) is 2.86. The maximum atomic E-state index is 11.6. The number of alkyl carbamates (subject to hydrolysis) is 1. The van der Waals surface area contributed by atoms with E-state index in [-0.39, 0.29) is 6.09 Å². The molecule has 3 heteroatoms. The summed E-state index contributed by atoms with van der Waals surface area (Å²) in [6.45, 7) is 1.18. The van der Waals surface area contributed by atoms with E-state index in [9.17, 15) is 4.79 Å². The van der Waals surface area contributed by atoms with Crippen LogP contribution >= 0.6 is 0 Å². The first-order chi connectivity index (χ1) is 10.8. The number of ether oxygens (including phenoxy) is 1. The minimum Gasteiger partial charge on any atom is -0.449 e. The Labute approximate surface area is 134 Å². The second-order valence-electron chi connectivity index (χ2n) is 6.30. The number of hydrogen-bond acceptors (Lipinski definition) is 2. The fourth-order valence-electron chi connectivity index (χ4n) is 3.19. The molecule has 1 amide bonds. The van der Waals surface area contributed by atoms with Crippen molar-refractivity contribution in [2.75, 3.05) is 13.2 Å². The van der Waals surface area contributed by atoms with E-state index in [0.29, 0.717) is 6.61 Å². The van der Waals surface area contributed by atoms with Gasteiger partial charge in [-0.15, -0.1) is 0 Å². The Morgan fingerprint density at radius 3 is 2.55 bits per heavy atom. The first kappa shape index (κ1) is 16.9. The monoisotopic (exact) mass is 303 g/mol. The van der Waals surface area contributed by atoms with Crippen LogP contribution in [-0.4, -0.2) is 19.2 Å². The molecular weight excluding hydrogens is 274 g/mol. The highest BCUT2D eigenvalue weighted by Gasteiger charge is 2.11. The number of nitrogens with one attached hydrogen (secondary N) is 1. The number of carbonyl (C=O) groups is 1. The van der Waals surface area contributed by atoms with E-state index < -0.39 is 0 Å². The molecule has 0 spiro atoms. The lowest BCUT2D eigenvalue weighted by Gasteiger charge is -2.13. The van der Waals surface area contributed by atoms with Crippen molar-refractivity contribution >= 4 is 6.09 Å². The first-order valence-electron chi connectivity index (χ1n) is 8.79. The highest BCUT2D eigenvalue weighted by molar-refractivity contribution is 5.67. The Kier molecular flexibility index (Phi) is 7.86. The minimum absolute atomic E-state index is 0.281. The summed E-state index contributed by atoms with van der Waals surface area (Å²) in [6, 6.07) is 10.1. The predicted octanol–water partition coefficient (Wildman–Crippen LogP) is 4.71. The quantitative estimate of drug-likeness (QED) is 0.585. The minimum atomic E-state index is -0.281. The van der Waals surface area contributed by atoms with Gasteiger partial charge in [0.2, 0.25) is 0 Å². The molecule has 1 aliphatic rings. The largest absolute Gasteiger partial charge is 0.449 e. The van der Waals surface area contributed by atoms with Gasteiger partial charge in [0.25, 0.3) is 0 Å². The molecule has 1 aromatic rings. The third kappa shape index (κ3) is 6.97. The van der Waals surface area contributed by atoms with E-state index in [0.717, 1.165) is 25.3 Å². The summed E-state index contributed by atoms with van der Waals surface area (Å²) in [7, 11) is 0. The van der Waals surface area contributed by atoms with Crippen LogP contribution in [0.1, 0.15) is 56.9 Å². The van der Waals surface area contributed by atoms with E-state index in [1.54, 1.807) is 0 Å². The van der Waals surface area contributed by atoms with Crippen LogP contribution in [0.15, 0.2) is 30.3 Å². The molecule has 1 N–H and O–H groups in total. The average molecular weight is 303 g/mol. The second-order valence-corrected chi connectivity index (χ2v) is 6.30. The average Bonchev–Trinajstić information content (AvgIpc) is 2.81. The zero-order valence-corrected chi connectivity index (χ0v) is 13.6. The molecular formula is C19H29NO2. The molecule has 3 nitrogen and oxygen atoms in total. The SMILES string of the molecule is O=C(NCCCC1CCCCCC1)OCCc1ccccc1. The van der Waals surface area contributed by atoms with Gasteiger partial charge in [-0.25, -0.2) is 4.79 Å². The van der Waals surface area contributed by atoms with Crippen LogP contribution in [0.2, 0.25) is 0 Å². The van der Waals surface area contributed by atoms with E-state index >= 15 is 0 Å². The molecule has 2 rings (SSSR count). The van der Waals surface area contributed by atoms with E-state index in [2.05, 4.69) is 5.32 Å². The van der Waals surface area contributed by atoms with Gasteiger partial charge in [-0.05, 0) is 24.3 Å². The summed E-state index contributed by atoms with van der Waals surface area (Å²) in [5.74, 6) is 0.874. The molecule has 0 unspecified atom stereocenters. The number of hydrogen-bond donors (Lipinski definition) is 1. The molecule has 1 saturated carbocycles. The molecule has 1 aromatic carbocycles. The van der Waals surface area contributed by atoms with Crippen LogP contribution in [0, 0.1) is 5.92 Å². The smallest absolute Gasteiger partial charge is 0.407 e. The molecule has 22 heavy (non-hydrogen) atoms. The fraction of sp³-hybridized carbons (Fsp3) is 0.632. The molecule has 122 valence electrons. The van der Waals surface area contributed by atoms with E-state index in [1.807, 2.05) is 30.3 Å². The number of amides is 1. The van der Waals surface area contributed by atoms with Gasteiger partial charge in [0, 0.05) is 13.0 Å². The third-order valence-electron chi connectivity index (χ3n) is 4.50. The van der Waals surface area contributed by atoms with E-state index in [1.165, 1.54) is 50.5 Å². The van der Waals surface area contributed by atoms with Gasteiger partial charge >= 0.3 is 6.09 Å². The fourth-order valence-corrected chi connectivity index (χ4v) is 3.19. The Morgan fingerprint density at radius 1 is 1.09 bits per heavy atom. The Bertz CT molecular complexity index is 411. The molecule has 0 aliphatic heterocycles. The standard InChI is InChI=1S/C19H29NO2/c21-19(22-16-14-18-11-6-3-7-12-18)20-15-8-13-17-9-4-1-2-5-10-17/h3,6-7,11-12,17H,1-2,4-5,8-10,13-16H2,(H,20,21). The van der Waals surface area contributed by atoms with Crippen LogP contribution in [0.3, 0.4) is 0 Å². The van der Waals surface area contributed by atoms with Gasteiger partial charge in [0.1, 0.15) is 0 Å². The Hall–Kier alpha value is -1.51. The predicted molar refractivity (Wildman–Crippen MR) is 89.9 cm³/mol. The van der Waals surface area contributed by atoms with Crippen molar-refractivity contribution in [2.24, 2.45) is 5.92 Å². The van der Waals surface area contributed by atoms with Crippen LogP contribution in [0.25, 0.3) is 0 Å². The summed E-state index contributed by atoms with van der Waals surface area (Å²) in [4.78, 5) is 11.6. The van der Waals surface area contributed by atoms with Crippen molar-refractivity contribution in [1.29, 1.82) is 0 Å². The molecule has 0 atom stereocenters. The molecule has 0 bridgehead atoms. The van der Waals surface area contributed by atoms with Crippen molar-refractivity contribution < 1.29 is 9.53 Å². The van der Waals surface area contributed by atoms with Gasteiger partial charge in [-0.1, -0.05) is 68.9 Å². The summed E-state index contributed by atoms with van der Waals surface area (Å²) < 4.78 is 5.21. The lowest BCUT2D eigenvalue weighted by atomic mass is 9.95. The molecule has 1 aliphatic carbocycles. The van der Waals surface area contributed by atoms with Crippen LogP contribution < -0.4 is 5.32 Å². The summed E-state index contributed by atoms with van der Waals surface area (Å²) in [5.41, 5.74) is 1.20. The highest BCUT2D eigenvalue weighted by atomic mass is 16.5. The van der Waals surface area contributed by atoms with Crippen molar-refractivity contribution in [3.05, 3.63) is 35.9 Å². The first-order valence-corrected chi connectivity index (χ1v) is 8.79. The molecule has 0 saturated heterocycles. The highest BCUT2D eigenvalue weighted by Crippen LogP contribution is 2.26. The van der Waals surface area contributed by atoms with Gasteiger partial charge in [-0.3, -0.25) is 0 Å². The Morgan fingerprint density at radius 2 is 1.82 bits per heavy atom. The number of rotatable bonds is 7. The number of carbonyl (C=O) groups excluding carboxylic acids is 1. The second kappa shape index (κ2) is 10.3. The molecule has 0 radical (unpaired) electrons. The van der Waals surface area contributed by atoms with Crippen LogP contribution in [-0.2, 0) is 11.2 Å². The zero-order chi connectivity index (χ0) is 15.5. The third-order valence-corrected chi connectivity index (χ3v) is 4.50. The Balaban J connectivity index is 1.48. The van der Waals surface area contributed by atoms with Gasteiger partial charge in [-0.2, -0.15) is 0 Å². The summed E-state index contributed by atoms with van der Waals surface area (Å²) >= 11 is 0. The van der Waals surface area contributed by atoms with Gasteiger partial charge in [0.05, 0.1) is 6.61 Å². The lowest BCUT2D eigenvalue weighted by molar-refractivity contribution is 0.147. The maximum Gasteiger partial charge on any atom is 0.407 e. The molecule has 0 heterocycles. The van der Waals surface area contributed by atoms with Crippen LogP contribution in [0.5, 0.6) is 0 Å². The van der Waals surface area contributed by atoms with Gasteiger partial charge < -0.3 is 10.1 Å². The topological polar surface area (TPSA) is 38.3 Å². The lowest BCUT2D eigenvalue weighted by Crippen LogP contribution is -2.26. The maximum absolute atomic E-state index is 11.6. The molecule has 1 fully saturated rings. The molecule has 0 aromatic heterocycles. The number of benzene rings is 1. The van der Waals surface area contributed by atoms with Gasteiger partial charge in [0.15, 0.2) is 0 Å². The van der Waals surface area contributed by atoms with Crippen molar-refractivity contribution in [3.63, 3.8) is 0 Å². The van der Waals surface area contributed by atoms with Crippen LogP contribution in [0.4, 0.5) is 4.79 Å². The summed E-state index contributed by atoms with van der Waals surface area (Å²) in [6.07, 6.45) is 11.1. The zero-order valence-electron chi connectivity index (χ0n) is 13.6. The normalized spacial score (nSPS) is 16.0.